The molecule has 0 spiro atoms. The summed E-state index contributed by atoms with van der Waals surface area (Å²) in [6.07, 6.45) is 2.69. The first-order valence-corrected chi connectivity index (χ1v) is 7.72. The van der Waals surface area contributed by atoms with Gasteiger partial charge in [0.1, 0.15) is 0 Å². The molecule has 1 atom stereocenters. The monoisotopic (exact) mass is 310 g/mol. The van der Waals surface area contributed by atoms with Crippen LogP contribution in [0.5, 0.6) is 0 Å². The lowest BCUT2D eigenvalue weighted by Crippen LogP contribution is -2.50. The first-order valence-electron chi connectivity index (χ1n) is 7.35. The molecule has 1 aromatic rings. The molecule has 2 fully saturated rings. The number of carbonyl (C=O) groups is 1. The van der Waals surface area contributed by atoms with Gasteiger partial charge < -0.3 is 9.64 Å². The molecule has 1 unspecified atom stereocenters. The van der Waals surface area contributed by atoms with Crippen LogP contribution in [0.25, 0.3) is 0 Å². The van der Waals surface area contributed by atoms with E-state index in [0.717, 1.165) is 45.8 Å². The van der Waals surface area contributed by atoms with Crippen molar-refractivity contribution in [3.8, 4) is 0 Å². The molecule has 7 heteroatoms. The summed E-state index contributed by atoms with van der Waals surface area (Å²) in [6, 6.07) is 3.21. The number of hydrogen-bond donors (Lipinski definition) is 0. The van der Waals surface area contributed by atoms with Crippen LogP contribution in [0.1, 0.15) is 23.3 Å². The van der Waals surface area contributed by atoms with Gasteiger partial charge in [-0.25, -0.2) is 0 Å². The molecule has 0 aliphatic carbocycles. The van der Waals surface area contributed by atoms with Gasteiger partial charge in [0.25, 0.3) is 5.91 Å². The summed E-state index contributed by atoms with van der Waals surface area (Å²) >= 11 is 5.69. The average Bonchev–Trinajstić information content (AvgIpc) is 3.01. The van der Waals surface area contributed by atoms with Crippen molar-refractivity contribution >= 4 is 17.5 Å². The van der Waals surface area contributed by atoms with Crippen molar-refractivity contribution in [1.29, 1.82) is 0 Å². The van der Waals surface area contributed by atoms with Gasteiger partial charge in [0.2, 0.25) is 0 Å². The molecule has 0 saturated carbocycles. The Labute approximate surface area is 129 Å². The second-order valence-corrected chi connectivity index (χ2v) is 5.86. The van der Waals surface area contributed by atoms with Gasteiger partial charge in [-0.15, -0.1) is 10.2 Å². The van der Waals surface area contributed by atoms with E-state index in [4.69, 9.17) is 16.3 Å². The van der Waals surface area contributed by atoms with Crippen LogP contribution in [0.2, 0.25) is 5.15 Å². The first kappa shape index (κ1) is 14.7. The molecule has 114 valence electrons. The molecule has 2 aliphatic heterocycles. The van der Waals surface area contributed by atoms with Crippen molar-refractivity contribution in [2.24, 2.45) is 0 Å². The summed E-state index contributed by atoms with van der Waals surface area (Å²) in [5.74, 6) is -0.0732. The molecule has 1 amide bonds. The molecule has 2 aliphatic rings. The number of aromatic nitrogens is 2. The van der Waals surface area contributed by atoms with Crippen LogP contribution in [0, 0.1) is 0 Å². The summed E-state index contributed by atoms with van der Waals surface area (Å²) in [6.45, 7) is 5.06. The molecule has 0 bridgehead atoms. The van der Waals surface area contributed by atoms with Gasteiger partial charge >= 0.3 is 0 Å². The van der Waals surface area contributed by atoms with Gasteiger partial charge in [-0.3, -0.25) is 9.69 Å². The van der Waals surface area contributed by atoms with E-state index < -0.39 is 0 Å². The van der Waals surface area contributed by atoms with E-state index in [9.17, 15) is 4.79 Å². The zero-order valence-electron chi connectivity index (χ0n) is 11.9. The molecule has 3 heterocycles. The minimum absolute atomic E-state index is 0.0732. The second kappa shape index (κ2) is 6.68. The fraction of sp³-hybridized carbons (Fsp3) is 0.643. The van der Waals surface area contributed by atoms with Crippen LogP contribution < -0.4 is 0 Å². The summed E-state index contributed by atoms with van der Waals surface area (Å²) in [7, 11) is 0. The van der Waals surface area contributed by atoms with Crippen molar-refractivity contribution in [3.63, 3.8) is 0 Å². The first-order chi connectivity index (χ1) is 10.2. The summed E-state index contributed by atoms with van der Waals surface area (Å²) < 4.78 is 5.66. The van der Waals surface area contributed by atoms with Gasteiger partial charge in [0.15, 0.2) is 10.8 Å². The van der Waals surface area contributed by atoms with Gasteiger partial charge in [-0.2, -0.15) is 0 Å². The number of rotatable bonds is 3. The van der Waals surface area contributed by atoms with Gasteiger partial charge in [0.05, 0.1) is 6.10 Å². The lowest BCUT2D eigenvalue weighted by Gasteiger charge is -2.35. The normalized spacial score (nSPS) is 23.5. The third-order valence-electron chi connectivity index (χ3n) is 4.00. The Morgan fingerprint density at radius 2 is 2.10 bits per heavy atom. The predicted molar refractivity (Wildman–Crippen MR) is 78.4 cm³/mol. The Morgan fingerprint density at radius 1 is 1.29 bits per heavy atom. The number of piperazine rings is 1. The smallest absolute Gasteiger partial charge is 0.274 e. The average molecular weight is 311 g/mol. The van der Waals surface area contributed by atoms with Gasteiger partial charge in [0, 0.05) is 39.3 Å². The molecule has 2 saturated heterocycles. The molecule has 0 aromatic carbocycles. The second-order valence-electron chi connectivity index (χ2n) is 5.47. The van der Waals surface area contributed by atoms with Crippen molar-refractivity contribution < 1.29 is 9.53 Å². The number of amides is 1. The van der Waals surface area contributed by atoms with Gasteiger partial charge in [-0.05, 0) is 25.0 Å². The molecule has 0 radical (unpaired) electrons. The molecular formula is C14H19ClN4O2. The molecule has 21 heavy (non-hydrogen) atoms. The van der Waals surface area contributed by atoms with E-state index in [1.54, 1.807) is 12.1 Å². The highest BCUT2D eigenvalue weighted by molar-refractivity contribution is 6.29. The highest BCUT2D eigenvalue weighted by Gasteiger charge is 2.26. The molecular weight excluding hydrogens is 292 g/mol. The van der Waals surface area contributed by atoms with E-state index in [1.165, 1.54) is 6.42 Å². The number of nitrogens with zero attached hydrogens (tertiary/aromatic N) is 4. The highest BCUT2D eigenvalue weighted by atomic mass is 35.5. The zero-order chi connectivity index (χ0) is 14.7. The van der Waals surface area contributed by atoms with Crippen LogP contribution in [0.4, 0.5) is 0 Å². The summed E-state index contributed by atoms with van der Waals surface area (Å²) in [4.78, 5) is 16.5. The fourth-order valence-corrected chi connectivity index (χ4v) is 2.90. The minimum atomic E-state index is -0.0732. The lowest BCUT2D eigenvalue weighted by atomic mass is 10.2. The van der Waals surface area contributed by atoms with Crippen LogP contribution in [0.15, 0.2) is 12.1 Å². The van der Waals surface area contributed by atoms with E-state index in [2.05, 4.69) is 15.1 Å². The number of carbonyl (C=O) groups excluding carboxylic acids is 1. The predicted octanol–water partition coefficient (Wildman–Crippen LogP) is 1.07. The van der Waals surface area contributed by atoms with Crippen molar-refractivity contribution in [3.05, 3.63) is 23.0 Å². The van der Waals surface area contributed by atoms with E-state index in [-0.39, 0.29) is 5.91 Å². The Kier molecular flexibility index (Phi) is 4.67. The van der Waals surface area contributed by atoms with Crippen molar-refractivity contribution in [1.82, 2.24) is 20.0 Å². The Hall–Kier alpha value is -1.24. The van der Waals surface area contributed by atoms with Crippen LogP contribution >= 0.6 is 11.6 Å². The Morgan fingerprint density at radius 3 is 2.71 bits per heavy atom. The zero-order valence-corrected chi connectivity index (χ0v) is 12.6. The summed E-state index contributed by atoms with van der Waals surface area (Å²) in [5.41, 5.74) is 0.354. The van der Waals surface area contributed by atoms with Crippen LogP contribution in [-0.4, -0.2) is 71.3 Å². The number of hydrogen-bond acceptors (Lipinski definition) is 5. The molecule has 1 aromatic heterocycles. The number of ether oxygens (including phenoxy) is 1. The van der Waals surface area contributed by atoms with E-state index in [0.29, 0.717) is 17.0 Å². The lowest BCUT2D eigenvalue weighted by molar-refractivity contribution is 0.0429. The third kappa shape index (κ3) is 3.70. The topological polar surface area (TPSA) is 58.6 Å². The third-order valence-corrected chi connectivity index (χ3v) is 4.20. The standard InChI is InChI=1S/C14H19ClN4O2/c15-13-4-3-12(16-17-13)14(20)19-7-5-18(6-8-19)10-11-2-1-9-21-11/h3-4,11H,1-2,5-10H2. The SMILES string of the molecule is O=C(c1ccc(Cl)nn1)N1CCN(CC2CCCO2)CC1. The maximum atomic E-state index is 12.3. The Balaban J connectivity index is 1.50. The van der Waals surface area contributed by atoms with E-state index in [1.807, 2.05) is 4.90 Å². The van der Waals surface area contributed by atoms with Crippen LogP contribution in [-0.2, 0) is 4.74 Å². The summed E-state index contributed by atoms with van der Waals surface area (Å²) in [5, 5.41) is 7.87. The molecule has 0 N–H and O–H groups in total. The Bertz CT molecular complexity index is 482. The van der Waals surface area contributed by atoms with Crippen molar-refractivity contribution in [2.75, 3.05) is 39.3 Å². The van der Waals surface area contributed by atoms with E-state index >= 15 is 0 Å². The number of halogens is 1. The fourth-order valence-electron chi connectivity index (χ4n) is 2.80. The maximum absolute atomic E-state index is 12.3. The van der Waals surface area contributed by atoms with Gasteiger partial charge in [-0.1, -0.05) is 11.6 Å². The van der Waals surface area contributed by atoms with Crippen molar-refractivity contribution in [2.45, 2.75) is 18.9 Å². The molecule has 6 nitrogen and oxygen atoms in total. The largest absolute Gasteiger partial charge is 0.377 e. The molecule has 3 rings (SSSR count). The van der Waals surface area contributed by atoms with Crippen LogP contribution in [0.3, 0.4) is 0 Å². The maximum Gasteiger partial charge on any atom is 0.274 e. The highest BCUT2D eigenvalue weighted by Crippen LogP contribution is 2.15. The quantitative estimate of drug-likeness (QED) is 0.836. The minimum Gasteiger partial charge on any atom is -0.377 e.